The molecule has 3 N–H and O–H groups in total. The lowest BCUT2D eigenvalue weighted by atomic mass is 9.97. The van der Waals surface area contributed by atoms with E-state index in [4.69, 9.17) is 20.7 Å². The molecule has 1 aromatic carbocycles. The Morgan fingerprint density at radius 1 is 1.29 bits per heavy atom. The molecule has 0 spiro atoms. The van der Waals surface area contributed by atoms with Gasteiger partial charge < -0.3 is 16.0 Å². The predicted octanol–water partition coefficient (Wildman–Crippen LogP) is 1.13. The maximum Gasteiger partial charge on any atom is 0.230 e. The number of nitrogens with zero attached hydrogens (tertiary/aromatic N) is 5. The SMILES string of the molecule is CNC(=O)C1Cc2ncc(N3CCC[C@H](N)C3)nc2-n2c1nc1ccccc12. The highest BCUT2D eigenvalue weighted by Gasteiger charge is 2.34. The Bertz CT molecular complexity index is 1060. The van der Waals surface area contributed by atoms with Gasteiger partial charge in [-0.25, -0.2) is 9.97 Å². The molecule has 0 aliphatic carbocycles. The van der Waals surface area contributed by atoms with Crippen LogP contribution in [0.5, 0.6) is 0 Å². The van der Waals surface area contributed by atoms with Gasteiger partial charge in [0.15, 0.2) is 5.82 Å². The average Bonchev–Trinajstić information content (AvgIpc) is 3.12. The first-order chi connectivity index (χ1) is 13.7. The number of nitrogens with two attached hydrogens (primary N) is 1. The molecule has 4 heterocycles. The van der Waals surface area contributed by atoms with Crippen LogP contribution < -0.4 is 16.0 Å². The first-order valence-corrected chi connectivity index (χ1v) is 9.71. The van der Waals surface area contributed by atoms with Gasteiger partial charge in [-0.05, 0) is 25.0 Å². The third-order valence-electron chi connectivity index (χ3n) is 5.67. The number of rotatable bonds is 2. The zero-order chi connectivity index (χ0) is 19.3. The molecule has 8 heteroatoms. The lowest BCUT2D eigenvalue weighted by Gasteiger charge is -2.32. The topological polar surface area (TPSA) is 102 Å². The van der Waals surface area contributed by atoms with Crippen LogP contribution in [0.15, 0.2) is 30.5 Å². The second-order valence-electron chi connectivity index (χ2n) is 7.51. The van der Waals surface area contributed by atoms with Crippen LogP contribution in [0.25, 0.3) is 16.9 Å². The highest BCUT2D eigenvalue weighted by Crippen LogP contribution is 2.35. The summed E-state index contributed by atoms with van der Waals surface area (Å²) in [7, 11) is 1.65. The van der Waals surface area contributed by atoms with Gasteiger partial charge in [0, 0.05) is 32.6 Å². The number of anilines is 1. The van der Waals surface area contributed by atoms with Gasteiger partial charge in [0.05, 0.1) is 22.9 Å². The molecule has 144 valence electrons. The maximum atomic E-state index is 12.5. The summed E-state index contributed by atoms with van der Waals surface area (Å²) in [5.74, 6) is 1.87. The number of hydrogen-bond acceptors (Lipinski definition) is 6. The lowest BCUT2D eigenvalue weighted by molar-refractivity contribution is -0.122. The van der Waals surface area contributed by atoms with Crippen molar-refractivity contribution >= 4 is 22.8 Å². The third kappa shape index (κ3) is 2.63. The van der Waals surface area contributed by atoms with E-state index < -0.39 is 0 Å². The van der Waals surface area contributed by atoms with Crippen LogP contribution in [0.2, 0.25) is 0 Å². The summed E-state index contributed by atoms with van der Waals surface area (Å²) in [6.07, 6.45) is 4.39. The molecule has 2 aromatic heterocycles. The number of para-hydroxylation sites is 2. The fourth-order valence-electron chi connectivity index (χ4n) is 4.26. The lowest BCUT2D eigenvalue weighted by Crippen LogP contribution is -2.43. The van der Waals surface area contributed by atoms with E-state index in [2.05, 4.69) is 10.2 Å². The molecule has 3 aromatic rings. The van der Waals surface area contributed by atoms with Crippen molar-refractivity contribution in [3.8, 4) is 5.82 Å². The van der Waals surface area contributed by atoms with Crippen LogP contribution >= 0.6 is 0 Å². The molecule has 0 radical (unpaired) electrons. The number of imidazole rings is 1. The van der Waals surface area contributed by atoms with E-state index in [1.165, 1.54) is 0 Å². The number of fused-ring (bicyclic) bond motifs is 5. The van der Waals surface area contributed by atoms with Crippen molar-refractivity contribution in [3.05, 3.63) is 42.0 Å². The van der Waals surface area contributed by atoms with E-state index in [9.17, 15) is 4.79 Å². The predicted molar refractivity (Wildman–Crippen MR) is 107 cm³/mol. The molecule has 1 unspecified atom stereocenters. The van der Waals surface area contributed by atoms with E-state index in [0.717, 1.165) is 60.1 Å². The number of hydrogen-bond donors (Lipinski definition) is 2. The van der Waals surface area contributed by atoms with E-state index in [-0.39, 0.29) is 17.9 Å². The highest BCUT2D eigenvalue weighted by atomic mass is 16.1. The van der Waals surface area contributed by atoms with Crippen molar-refractivity contribution in [1.82, 2.24) is 24.8 Å². The quantitative estimate of drug-likeness (QED) is 0.694. The minimum absolute atomic E-state index is 0.0601. The molecule has 5 rings (SSSR count). The Hall–Kier alpha value is -3.00. The second kappa shape index (κ2) is 6.56. The van der Waals surface area contributed by atoms with Crippen molar-refractivity contribution in [2.75, 3.05) is 25.0 Å². The van der Waals surface area contributed by atoms with E-state index in [1.807, 2.05) is 35.0 Å². The molecule has 28 heavy (non-hydrogen) atoms. The number of carbonyl (C=O) groups is 1. The maximum absolute atomic E-state index is 12.5. The summed E-state index contributed by atoms with van der Waals surface area (Å²) in [4.78, 5) is 29.1. The number of benzene rings is 1. The van der Waals surface area contributed by atoms with E-state index >= 15 is 0 Å². The van der Waals surface area contributed by atoms with Gasteiger partial charge in [0.25, 0.3) is 0 Å². The Labute approximate surface area is 162 Å². The molecule has 2 aliphatic rings. The molecular formula is C20H23N7O. The minimum Gasteiger partial charge on any atom is -0.359 e. The molecule has 0 bridgehead atoms. The Balaban J connectivity index is 1.67. The molecule has 1 amide bonds. The second-order valence-corrected chi connectivity index (χ2v) is 7.51. The number of piperidine rings is 1. The minimum atomic E-state index is -0.381. The van der Waals surface area contributed by atoms with Crippen molar-refractivity contribution in [2.24, 2.45) is 5.73 Å². The Morgan fingerprint density at radius 2 is 2.14 bits per heavy atom. The molecule has 8 nitrogen and oxygen atoms in total. The molecular weight excluding hydrogens is 354 g/mol. The number of amides is 1. The fourth-order valence-corrected chi connectivity index (χ4v) is 4.26. The highest BCUT2D eigenvalue weighted by molar-refractivity contribution is 5.87. The summed E-state index contributed by atoms with van der Waals surface area (Å²) in [6.45, 7) is 1.71. The zero-order valence-corrected chi connectivity index (χ0v) is 15.8. The summed E-state index contributed by atoms with van der Waals surface area (Å²) in [5, 5.41) is 2.76. The fraction of sp³-hybridized carbons (Fsp3) is 0.400. The molecule has 1 fully saturated rings. The number of carbonyl (C=O) groups excluding carboxylic acids is 1. The standard InChI is InChI=1S/C20H23N7O/c1-22-20(28)13-9-15-19(27-16-7-3-2-6-14(16)24-18(13)27)25-17(10-23-15)26-8-4-5-12(21)11-26/h2-3,6-7,10,12-13H,4-5,8-9,11,21H2,1H3,(H,22,28)/t12-,13?/m0/s1. The normalized spacial score (nSPS) is 21.3. The van der Waals surface area contributed by atoms with Gasteiger partial charge >= 0.3 is 0 Å². The van der Waals surface area contributed by atoms with Gasteiger partial charge in [-0.3, -0.25) is 14.3 Å². The van der Waals surface area contributed by atoms with Crippen LogP contribution in [0.3, 0.4) is 0 Å². The van der Waals surface area contributed by atoms with E-state index in [0.29, 0.717) is 6.42 Å². The van der Waals surface area contributed by atoms with Gasteiger partial charge in [0.1, 0.15) is 17.6 Å². The van der Waals surface area contributed by atoms with Crippen molar-refractivity contribution < 1.29 is 4.79 Å². The van der Waals surface area contributed by atoms with E-state index in [1.54, 1.807) is 7.05 Å². The summed E-state index contributed by atoms with van der Waals surface area (Å²) in [5.41, 5.74) is 8.76. The Kier molecular flexibility index (Phi) is 4.01. The number of nitrogens with one attached hydrogen (secondary N) is 1. The summed E-state index contributed by atoms with van der Waals surface area (Å²) >= 11 is 0. The number of aromatic nitrogens is 4. The van der Waals surface area contributed by atoms with Gasteiger partial charge in [-0.1, -0.05) is 12.1 Å². The van der Waals surface area contributed by atoms with Gasteiger partial charge in [-0.15, -0.1) is 0 Å². The largest absolute Gasteiger partial charge is 0.359 e. The first kappa shape index (κ1) is 17.1. The molecule has 2 aliphatic heterocycles. The van der Waals surface area contributed by atoms with Crippen molar-refractivity contribution in [1.29, 1.82) is 0 Å². The summed E-state index contributed by atoms with van der Waals surface area (Å²) in [6, 6.07) is 8.05. The van der Waals surface area contributed by atoms with Gasteiger partial charge in [0.2, 0.25) is 5.91 Å². The monoisotopic (exact) mass is 377 g/mol. The Morgan fingerprint density at radius 3 is 2.96 bits per heavy atom. The van der Waals surface area contributed by atoms with Crippen molar-refractivity contribution in [2.45, 2.75) is 31.2 Å². The van der Waals surface area contributed by atoms with Crippen LogP contribution in [-0.2, 0) is 11.2 Å². The van der Waals surface area contributed by atoms with Crippen LogP contribution in [-0.4, -0.2) is 51.6 Å². The van der Waals surface area contributed by atoms with Gasteiger partial charge in [-0.2, -0.15) is 0 Å². The number of likely N-dealkylation sites (N-methyl/N-ethyl adjacent to an activating group) is 1. The van der Waals surface area contributed by atoms with Crippen molar-refractivity contribution in [3.63, 3.8) is 0 Å². The molecule has 2 atom stereocenters. The van der Waals surface area contributed by atoms with Crippen LogP contribution in [0, 0.1) is 0 Å². The van der Waals surface area contributed by atoms with Crippen LogP contribution in [0.1, 0.15) is 30.3 Å². The first-order valence-electron chi connectivity index (χ1n) is 9.71. The zero-order valence-electron chi connectivity index (χ0n) is 15.8. The van der Waals surface area contributed by atoms with Crippen LogP contribution in [0.4, 0.5) is 5.82 Å². The molecule has 0 saturated carbocycles. The molecule has 1 saturated heterocycles. The summed E-state index contributed by atoms with van der Waals surface area (Å²) < 4.78 is 1.99. The average molecular weight is 377 g/mol. The third-order valence-corrected chi connectivity index (χ3v) is 5.67. The smallest absolute Gasteiger partial charge is 0.230 e.